The highest BCUT2D eigenvalue weighted by molar-refractivity contribution is 7.99. The molecule has 0 radical (unpaired) electrons. The Morgan fingerprint density at radius 1 is 0.941 bits per heavy atom. The summed E-state index contributed by atoms with van der Waals surface area (Å²) >= 11 is 1.24. The second-order valence-electron chi connectivity index (χ2n) is 8.33. The Morgan fingerprint density at radius 3 is 2.09 bits per heavy atom. The van der Waals surface area contributed by atoms with Gasteiger partial charge in [-0.1, -0.05) is 42.5 Å². The number of nitrogens with one attached hydrogen (secondary N) is 2. The predicted molar refractivity (Wildman–Crippen MR) is 128 cm³/mol. The van der Waals surface area contributed by atoms with E-state index < -0.39 is 35.6 Å². The molecule has 0 saturated carbocycles. The average Bonchev–Trinajstić information content (AvgIpc) is 2.77. The molecule has 0 aliphatic heterocycles. The normalized spacial score (nSPS) is 12.8. The number of benzene rings is 2. The van der Waals surface area contributed by atoms with Gasteiger partial charge in [-0.15, -0.1) is 11.8 Å². The quantitative estimate of drug-likeness (QED) is 0.398. The summed E-state index contributed by atoms with van der Waals surface area (Å²) < 4.78 is 5.26. The van der Waals surface area contributed by atoms with Crippen molar-refractivity contribution in [3.05, 3.63) is 71.3 Å². The number of aromatic carboxylic acids is 1. The van der Waals surface area contributed by atoms with Gasteiger partial charge in [0.15, 0.2) is 0 Å². The van der Waals surface area contributed by atoms with E-state index in [1.165, 1.54) is 36.0 Å². The predicted octanol–water partition coefficient (Wildman–Crippen LogP) is 3.57. The lowest BCUT2D eigenvalue weighted by atomic mass is 10.1. The van der Waals surface area contributed by atoms with Crippen molar-refractivity contribution in [2.75, 3.05) is 12.3 Å². The van der Waals surface area contributed by atoms with Gasteiger partial charge in [-0.2, -0.15) is 0 Å². The molecule has 2 rings (SSSR count). The van der Waals surface area contributed by atoms with Gasteiger partial charge in [0.2, 0.25) is 0 Å². The van der Waals surface area contributed by atoms with Crippen LogP contribution in [-0.4, -0.2) is 58.1 Å². The summed E-state index contributed by atoms with van der Waals surface area (Å²) in [6.07, 6.45) is -0.595. The van der Waals surface area contributed by atoms with Gasteiger partial charge >= 0.3 is 18.0 Å². The fraction of sp³-hybridized carbons (Fsp3) is 0.333. The molecule has 0 aliphatic carbocycles. The van der Waals surface area contributed by atoms with Crippen LogP contribution in [0.2, 0.25) is 0 Å². The number of carbonyl (C=O) groups excluding carboxylic acids is 2. The first kappa shape index (κ1) is 26.7. The molecule has 2 aromatic carbocycles. The van der Waals surface area contributed by atoms with E-state index >= 15 is 0 Å². The van der Waals surface area contributed by atoms with Crippen LogP contribution >= 0.6 is 11.8 Å². The van der Waals surface area contributed by atoms with Crippen LogP contribution in [0.3, 0.4) is 0 Å². The fourth-order valence-corrected chi connectivity index (χ4v) is 4.12. The second kappa shape index (κ2) is 12.1. The smallest absolute Gasteiger partial charge is 0.407 e. The molecular formula is C24H28N2O7S. The van der Waals surface area contributed by atoms with Crippen molar-refractivity contribution < 1.29 is 34.1 Å². The zero-order chi connectivity index (χ0) is 25.3. The van der Waals surface area contributed by atoms with Crippen molar-refractivity contribution in [3.63, 3.8) is 0 Å². The summed E-state index contributed by atoms with van der Waals surface area (Å²) in [4.78, 5) is 47.9. The van der Waals surface area contributed by atoms with E-state index in [1.54, 1.807) is 20.8 Å². The number of amides is 2. The van der Waals surface area contributed by atoms with E-state index in [2.05, 4.69) is 10.6 Å². The van der Waals surface area contributed by atoms with E-state index in [4.69, 9.17) is 4.74 Å². The van der Waals surface area contributed by atoms with Gasteiger partial charge in [0.05, 0.1) is 11.1 Å². The van der Waals surface area contributed by atoms with Crippen LogP contribution in [0, 0.1) is 0 Å². The zero-order valence-corrected chi connectivity index (χ0v) is 19.9. The van der Waals surface area contributed by atoms with Gasteiger partial charge in [-0.05, 0) is 38.5 Å². The molecule has 2 atom stereocenters. The third kappa shape index (κ3) is 8.43. The molecule has 34 heavy (non-hydrogen) atoms. The second-order valence-corrected chi connectivity index (χ2v) is 9.57. The van der Waals surface area contributed by atoms with Crippen LogP contribution in [-0.2, 0) is 9.53 Å². The molecule has 9 nitrogen and oxygen atoms in total. The van der Waals surface area contributed by atoms with Crippen molar-refractivity contribution in [3.8, 4) is 0 Å². The summed E-state index contributed by atoms with van der Waals surface area (Å²) in [5.74, 6) is -3.37. The summed E-state index contributed by atoms with van der Waals surface area (Å²) in [7, 11) is 0. The lowest BCUT2D eigenvalue weighted by Crippen LogP contribution is -2.43. The molecular weight excluding hydrogens is 460 g/mol. The monoisotopic (exact) mass is 488 g/mol. The molecule has 2 amide bonds. The molecule has 1 unspecified atom stereocenters. The van der Waals surface area contributed by atoms with Crippen molar-refractivity contribution in [1.29, 1.82) is 0 Å². The highest BCUT2D eigenvalue weighted by atomic mass is 32.2. The molecule has 4 N–H and O–H groups in total. The topological polar surface area (TPSA) is 142 Å². The van der Waals surface area contributed by atoms with Crippen LogP contribution in [0.15, 0.2) is 54.6 Å². The summed E-state index contributed by atoms with van der Waals surface area (Å²) in [5, 5.41) is 23.7. The van der Waals surface area contributed by atoms with Crippen molar-refractivity contribution in [2.45, 2.75) is 37.7 Å². The first-order valence-corrected chi connectivity index (χ1v) is 11.5. The maximum Gasteiger partial charge on any atom is 0.407 e. The molecule has 0 heterocycles. The summed E-state index contributed by atoms with van der Waals surface area (Å²) in [6.45, 7) is 5.42. The summed E-state index contributed by atoms with van der Waals surface area (Å²) in [5.41, 5.74) is -0.155. The molecule has 0 spiro atoms. The first-order chi connectivity index (χ1) is 16.0. The molecule has 0 aliphatic rings. The van der Waals surface area contributed by atoms with E-state index in [-0.39, 0.29) is 28.7 Å². The zero-order valence-electron chi connectivity index (χ0n) is 19.1. The van der Waals surface area contributed by atoms with Crippen LogP contribution in [0.4, 0.5) is 4.79 Å². The lowest BCUT2D eigenvalue weighted by Gasteiger charge is -2.23. The molecule has 0 fully saturated rings. The SMILES string of the molecule is CC(C)(C)OC(=O)NCC(SC[C@H](NC(=O)c1ccccc1C(=O)O)C(=O)O)c1ccccc1. The van der Waals surface area contributed by atoms with Gasteiger partial charge in [-0.3, -0.25) is 4.79 Å². The Morgan fingerprint density at radius 2 is 1.53 bits per heavy atom. The van der Waals surface area contributed by atoms with Crippen LogP contribution < -0.4 is 10.6 Å². The minimum Gasteiger partial charge on any atom is -0.480 e. The number of aliphatic carboxylic acids is 1. The highest BCUT2D eigenvalue weighted by Crippen LogP contribution is 2.29. The van der Waals surface area contributed by atoms with Crippen molar-refractivity contribution in [2.24, 2.45) is 0 Å². The Kier molecular flexibility index (Phi) is 9.49. The number of alkyl carbamates (subject to hydrolysis) is 1. The average molecular weight is 489 g/mol. The number of carbonyl (C=O) groups is 4. The number of hydrogen-bond donors (Lipinski definition) is 4. The molecule has 0 bridgehead atoms. The van der Waals surface area contributed by atoms with Gasteiger partial charge in [-0.25, -0.2) is 14.4 Å². The maximum absolute atomic E-state index is 12.6. The van der Waals surface area contributed by atoms with E-state index in [0.29, 0.717) is 0 Å². The number of thioether (sulfide) groups is 1. The number of hydrogen-bond acceptors (Lipinski definition) is 6. The highest BCUT2D eigenvalue weighted by Gasteiger charge is 2.26. The molecule has 0 saturated heterocycles. The van der Waals surface area contributed by atoms with Gasteiger partial charge < -0.3 is 25.6 Å². The van der Waals surface area contributed by atoms with Crippen LogP contribution in [0.25, 0.3) is 0 Å². The van der Waals surface area contributed by atoms with Crippen LogP contribution in [0.1, 0.15) is 52.3 Å². The van der Waals surface area contributed by atoms with Gasteiger partial charge in [0, 0.05) is 17.5 Å². The Balaban J connectivity index is 2.11. The molecule has 0 aromatic heterocycles. The van der Waals surface area contributed by atoms with E-state index in [1.807, 2.05) is 30.3 Å². The minimum atomic E-state index is -1.29. The van der Waals surface area contributed by atoms with Gasteiger partial charge in [0.25, 0.3) is 5.91 Å². The Hall–Kier alpha value is -3.53. The number of ether oxygens (including phenoxy) is 1. The third-order valence-corrected chi connectivity index (χ3v) is 5.84. The van der Waals surface area contributed by atoms with E-state index in [0.717, 1.165) is 5.56 Å². The third-order valence-electron chi connectivity index (χ3n) is 4.47. The van der Waals surface area contributed by atoms with E-state index in [9.17, 15) is 29.4 Å². The number of carboxylic acids is 2. The minimum absolute atomic E-state index is 0.0220. The fourth-order valence-electron chi connectivity index (χ4n) is 2.92. The Labute approximate surface area is 201 Å². The lowest BCUT2D eigenvalue weighted by molar-refractivity contribution is -0.138. The molecule has 2 aromatic rings. The summed E-state index contributed by atoms with van der Waals surface area (Å²) in [6, 6.07) is 13.5. The largest absolute Gasteiger partial charge is 0.480 e. The van der Waals surface area contributed by atoms with Crippen molar-refractivity contribution in [1.82, 2.24) is 10.6 Å². The van der Waals surface area contributed by atoms with Crippen LogP contribution in [0.5, 0.6) is 0 Å². The van der Waals surface area contributed by atoms with Gasteiger partial charge in [0.1, 0.15) is 11.6 Å². The maximum atomic E-state index is 12.6. The Bertz CT molecular complexity index is 1020. The molecule has 182 valence electrons. The number of carboxylic acid groups (broad SMARTS) is 2. The molecule has 10 heteroatoms. The van der Waals surface area contributed by atoms with Crippen molar-refractivity contribution >= 4 is 35.7 Å². The number of rotatable bonds is 10. The standard InChI is InChI=1S/C24H28N2O7S/c1-24(2,3)33-23(32)25-13-19(15-9-5-4-6-10-15)34-14-18(22(30)31)26-20(27)16-11-7-8-12-17(16)21(28)29/h4-12,18-19H,13-14H2,1-3H3,(H,25,32)(H,26,27)(H,28,29)(H,30,31)/t18-,19?/m0/s1. The first-order valence-electron chi connectivity index (χ1n) is 10.5.